The number of anilines is 1. The Kier molecular flexibility index (Phi) is 2.67. The predicted octanol–water partition coefficient (Wildman–Crippen LogP) is 2.31. The molecule has 0 unspecified atom stereocenters. The van der Waals surface area contributed by atoms with Crippen LogP contribution in [0, 0.1) is 5.82 Å². The Balaban J connectivity index is 1.82. The molecular weight excluding hydrogens is 255 g/mol. The third-order valence-electron chi connectivity index (χ3n) is 2.52. The number of nitrogens with one attached hydrogen (secondary N) is 1. The third-order valence-corrected chi connectivity index (χ3v) is 3.45. The van der Waals surface area contributed by atoms with Gasteiger partial charge in [-0.25, -0.2) is 14.2 Å². The van der Waals surface area contributed by atoms with Crippen molar-refractivity contribution in [1.82, 2.24) is 9.88 Å². The fourth-order valence-corrected chi connectivity index (χ4v) is 2.53. The average molecular weight is 264 g/mol. The molecule has 0 bridgehead atoms. The second-order valence-electron chi connectivity index (χ2n) is 3.78. The fraction of sp³-hybridized carbons (Fsp3) is 0.182. The number of benzene rings is 1. The van der Waals surface area contributed by atoms with E-state index in [1.54, 1.807) is 6.07 Å². The van der Waals surface area contributed by atoms with Crippen LogP contribution in [-0.2, 0) is 0 Å². The zero-order valence-corrected chi connectivity index (χ0v) is 10.1. The molecule has 3 rings (SSSR count). The number of fused-ring (bicyclic) bond motifs is 1. The number of aromatic nitrogens is 1. The molecule has 7 heteroatoms. The molecule has 18 heavy (non-hydrogen) atoms. The van der Waals surface area contributed by atoms with Crippen LogP contribution in [0.5, 0.6) is 0 Å². The van der Waals surface area contributed by atoms with Crippen LogP contribution >= 0.6 is 11.3 Å². The van der Waals surface area contributed by atoms with Crippen molar-refractivity contribution in [3.63, 3.8) is 0 Å². The molecule has 1 N–H and O–H groups in total. The second-order valence-corrected chi connectivity index (χ2v) is 4.81. The summed E-state index contributed by atoms with van der Waals surface area (Å²) in [6.45, 7) is 1.20. The van der Waals surface area contributed by atoms with Crippen molar-refractivity contribution < 1.29 is 9.18 Å². The number of carbonyl (C=O) groups is 1. The highest BCUT2D eigenvalue weighted by Gasteiger charge is 2.16. The number of halogens is 1. The van der Waals surface area contributed by atoms with Crippen molar-refractivity contribution in [1.29, 1.82) is 0 Å². The van der Waals surface area contributed by atoms with Gasteiger partial charge in [-0.1, -0.05) is 11.3 Å². The number of carbonyl (C=O) groups excluding carboxylic acids is 1. The minimum atomic E-state index is -0.310. The van der Waals surface area contributed by atoms with E-state index >= 15 is 0 Å². The number of urea groups is 1. The van der Waals surface area contributed by atoms with E-state index in [0.29, 0.717) is 28.4 Å². The first kappa shape index (κ1) is 11.1. The normalized spacial score (nSPS) is 14.4. The Morgan fingerprint density at radius 2 is 2.39 bits per heavy atom. The number of amides is 2. The van der Waals surface area contributed by atoms with Crippen molar-refractivity contribution >= 4 is 39.1 Å². The van der Waals surface area contributed by atoms with Gasteiger partial charge in [0.25, 0.3) is 0 Å². The number of aliphatic imine (C=N–C) groups is 1. The summed E-state index contributed by atoms with van der Waals surface area (Å²) in [7, 11) is 0. The van der Waals surface area contributed by atoms with Crippen LogP contribution in [0.1, 0.15) is 0 Å². The molecule has 1 aromatic carbocycles. The Morgan fingerprint density at radius 1 is 1.50 bits per heavy atom. The molecule has 0 saturated carbocycles. The van der Waals surface area contributed by atoms with Gasteiger partial charge in [0.15, 0.2) is 5.13 Å². The zero-order valence-electron chi connectivity index (χ0n) is 9.26. The van der Waals surface area contributed by atoms with Crippen molar-refractivity contribution in [2.24, 2.45) is 4.99 Å². The molecule has 2 heterocycles. The molecule has 0 aliphatic carbocycles. The lowest BCUT2D eigenvalue weighted by molar-refractivity contribution is 0.237. The van der Waals surface area contributed by atoms with Gasteiger partial charge in [0.1, 0.15) is 5.82 Å². The first-order valence-electron chi connectivity index (χ1n) is 5.36. The van der Waals surface area contributed by atoms with Gasteiger partial charge in [0, 0.05) is 6.54 Å². The third kappa shape index (κ3) is 2.04. The van der Waals surface area contributed by atoms with E-state index in [1.165, 1.54) is 34.7 Å². The number of nitrogens with zero attached hydrogens (tertiary/aromatic N) is 3. The van der Waals surface area contributed by atoms with Crippen LogP contribution in [-0.4, -0.2) is 35.3 Å². The highest BCUT2D eigenvalue weighted by Crippen LogP contribution is 2.26. The monoisotopic (exact) mass is 264 g/mol. The topological polar surface area (TPSA) is 57.6 Å². The van der Waals surface area contributed by atoms with Gasteiger partial charge in [0.2, 0.25) is 0 Å². The van der Waals surface area contributed by atoms with Crippen LogP contribution in [0.4, 0.5) is 14.3 Å². The van der Waals surface area contributed by atoms with E-state index in [4.69, 9.17) is 0 Å². The minimum Gasteiger partial charge on any atom is -0.283 e. The quantitative estimate of drug-likeness (QED) is 0.859. The summed E-state index contributed by atoms with van der Waals surface area (Å²) in [6.07, 6.45) is 1.50. The van der Waals surface area contributed by atoms with Crippen LogP contribution in [0.25, 0.3) is 10.2 Å². The Hall–Kier alpha value is -2.02. The predicted molar refractivity (Wildman–Crippen MR) is 68.7 cm³/mol. The first-order valence-corrected chi connectivity index (χ1v) is 6.18. The number of rotatable bonds is 1. The summed E-state index contributed by atoms with van der Waals surface area (Å²) in [4.78, 5) is 21.4. The number of thiazole rings is 1. The molecule has 5 nitrogen and oxygen atoms in total. The van der Waals surface area contributed by atoms with Crippen LogP contribution in [0.3, 0.4) is 0 Å². The van der Waals surface area contributed by atoms with Gasteiger partial charge in [-0.15, -0.1) is 0 Å². The molecule has 1 aliphatic rings. The molecule has 92 valence electrons. The molecule has 0 atom stereocenters. The van der Waals surface area contributed by atoms with E-state index in [1.807, 2.05) is 0 Å². The van der Waals surface area contributed by atoms with Gasteiger partial charge in [-0.05, 0) is 18.2 Å². The van der Waals surface area contributed by atoms with E-state index in [0.717, 1.165) is 0 Å². The molecular formula is C11H9FN4OS. The highest BCUT2D eigenvalue weighted by molar-refractivity contribution is 7.22. The molecule has 0 radical (unpaired) electrons. The van der Waals surface area contributed by atoms with Crippen molar-refractivity contribution in [3.05, 3.63) is 24.0 Å². The van der Waals surface area contributed by atoms with Crippen LogP contribution in [0.2, 0.25) is 0 Å². The SMILES string of the molecule is O=C(Nc1nc2ccc(F)cc2s1)N1C=NCC1. The molecule has 0 saturated heterocycles. The molecule has 2 amide bonds. The standard InChI is InChI=1S/C11H9FN4OS/c12-7-1-2-8-9(5-7)18-10(14-8)15-11(17)16-4-3-13-6-16/h1-2,5-6H,3-4H2,(H,14,15,17). The Bertz CT molecular complexity index is 639. The molecule has 0 spiro atoms. The minimum absolute atomic E-state index is 0.268. The smallest absolute Gasteiger partial charge is 0.283 e. The summed E-state index contributed by atoms with van der Waals surface area (Å²) in [5.41, 5.74) is 0.673. The lowest BCUT2D eigenvalue weighted by Crippen LogP contribution is -2.32. The molecule has 0 fully saturated rings. The molecule has 2 aromatic rings. The lowest BCUT2D eigenvalue weighted by Gasteiger charge is -2.10. The maximum atomic E-state index is 13.0. The summed E-state index contributed by atoms with van der Waals surface area (Å²) in [6, 6.07) is 4.07. The van der Waals surface area contributed by atoms with E-state index in [9.17, 15) is 9.18 Å². The largest absolute Gasteiger partial charge is 0.328 e. The number of hydrogen-bond donors (Lipinski definition) is 1. The van der Waals surface area contributed by atoms with Gasteiger partial charge in [-0.2, -0.15) is 0 Å². The van der Waals surface area contributed by atoms with E-state index in [-0.39, 0.29) is 11.8 Å². The Labute approximate surface area is 106 Å². The first-order chi connectivity index (χ1) is 8.72. The second kappa shape index (κ2) is 4.34. The fourth-order valence-electron chi connectivity index (χ4n) is 1.65. The van der Waals surface area contributed by atoms with E-state index in [2.05, 4.69) is 15.3 Å². The van der Waals surface area contributed by atoms with Crippen molar-refractivity contribution in [2.75, 3.05) is 18.4 Å². The van der Waals surface area contributed by atoms with Gasteiger partial charge >= 0.3 is 6.03 Å². The number of hydrogen-bond acceptors (Lipinski definition) is 4. The lowest BCUT2D eigenvalue weighted by atomic mass is 10.3. The van der Waals surface area contributed by atoms with E-state index < -0.39 is 0 Å². The zero-order chi connectivity index (χ0) is 12.5. The van der Waals surface area contributed by atoms with Gasteiger partial charge < -0.3 is 0 Å². The maximum absolute atomic E-state index is 13.0. The molecule has 1 aliphatic heterocycles. The average Bonchev–Trinajstić information content (AvgIpc) is 2.95. The van der Waals surface area contributed by atoms with Crippen molar-refractivity contribution in [3.8, 4) is 0 Å². The summed E-state index contributed by atoms with van der Waals surface area (Å²) >= 11 is 1.24. The van der Waals surface area contributed by atoms with Crippen LogP contribution < -0.4 is 5.32 Å². The Morgan fingerprint density at radius 3 is 3.17 bits per heavy atom. The van der Waals surface area contributed by atoms with Crippen LogP contribution in [0.15, 0.2) is 23.2 Å². The highest BCUT2D eigenvalue weighted by atomic mass is 32.1. The summed E-state index contributed by atoms with van der Waals surface area (Å²) in [5, 5.41) is 3.13. The van der Waals surface area contributed by atoms with Gasteiger partial charge in [-0.3, -0.25) is 15.2 Å². The summed E-state index contributed by atoms with van der Waals surface area (Å²) in [5.74, 6) is -0.310. The maximum Gasteiger partial charge on any atom is 0.328 e. The van der Waals surface area contributed by atoms with Gasteiger partial charge in [0.05, 0.1) is 23.1 Å². The van der Waals surface area contributed by atoms with Crippen molar-refractivity contribution in [2.45, 2.75) is 0 Å². The molecule has 1 aromatic heterocycles. The summed E-state index contributed by atoms with van der Waals surface area (Å²) < 4.78 is 13.7.